The predicted molar refractivity (Wildman–Crippen MR) is 128 cm³/mol. The molecule has 0 amide bonds. The van der Waals surface area contributed by atoms with E-state index in [9.17, 15) is 5.11 Å². The highest BCUT2D eigenvalue weighted by molar-refractivity contribution is 5.85. The fraction of sp³-hybridized carbons (Fsp3) is 0.889. The van der Waals surface area contributed by atoms with Crippen molar-refractivity contribution in [2.75, 3.05) is 39.5 Å². The maximum Gasteiger partial charge on any atom is 0.129 e. The Hall–Kier alpha value is -0.910. The monoisotopic (exact) mass is 444 g/mol. The van der Waals surface area contributed by atoms with Gasteiger partial charge in [-0.3, -0.25) is 4.90 Å². The van der Waals surface area contributed by atoms with Gasteiger partial charge in [0.25, 0.3) is 0 Å². The van der Waals surface area contributed by atoms with E-state index in [1.54, 1.807) is 5.57 Å². The van der Waals surface area contributed by atoms with Crippen molar-refractivity contribution in [1.29, 1.82) is 0 Å². The molecule has 5 nitrogen and oxygen atoms in total. The van der Waals surface area contributed by atoms with Crippen molar-refractivity contribution in [3.63, 3.8) is 0 Å². The minimum Gasteiger partial charge on any atom is -0.394 e. The zero-order valence-corrected chi connectivity index (χ0v) is 20.5. The minimum atomic E-state index is -0.113. The molecule has 0 bridgehead atoms. The fourth-order valence-corrected chi connectivity index (χ4v) is 8.53. The van der Waals surface area contributed by atoms with Gasteiger partial charge in [-0.25, -0.2) is 0 Å². The van der Waals surface area contributed by atoms with Gasteiger partial charge in [0.15, 0.2) is 0 Å². The molecule has 0 radical (unpaired) electrons. The second-order valence-corrected chi connectivity index (χ2v) is 11.9. The van der Waals surface area contributed by atoms with Crippen molar-refractivity contribution < 1.29 is 14.7 Å². The largest absolute Gasteiger partial charge is 0.394 e. The molecular weight excluding hydrogens is 400 g/mol. The van der Waals surface area contributed by atoms with E-state index in [1.165, 1.54) is 44.2 Å². The van der Waals surface area contributed by atoms with Gasteiger partial charge in [-0.15, -0.1) is 0 Å². The predicted octanol–water partition coefficient (Wildman–Crippen LogP) is 4.65. The molecule has 5 heteroatoms. The standard InChI is InChI=1S/C27H44N2O3/c1-19(28-32-17-14-29-12-15-31-16-13-29)23-6-7-24-22-5-4-20-18-21(30)8-10-26(20,2)25(22)9-11-27(23,24)3/h4,21-25,30H,5-18H2,1-3H3/b28-19-/t21-,22-,23+,24-,25-,26-,27+/m0/s1. The van der Waals surface area contributed by atoms with E-state index in [2.05, 4.69) is 36.9 Å². The number of nitrogens with zero attached hydrogens (tertiary/aromatic N) is 2. The van der Waals surface area contributed by atoms with Gasteiger partial charge in [-0.1, -0.05) is 30.7 Å². The molecule has 0 aromatic rings. The van der Waals surface area contributed by atoms with Gasteiger partial charge in [0.2, 0.25) is 0 Å². The van der Waals surface area contributed by atoms with E-state index in [0.717, 1.165) is 63.4 Å². The summed E-state index contributed by atoms with van der Waals surface area (Å²) in [6.45, 7) is 12.6. The number of aliphatic hydroxyl groups is 1. The first-order chi connectivity index (χ1) is 15.4. The first-order valence-corrected chi connectivity index (χ1v) is 13.3. The highest BCUT2D eigenvalue weighted by Gasteiger charge is 2.59. The van der Waals surface area contributed by atoms with Gasteiger partial charge in [-0.05, 0) is 86.9 Å². The third-order valence-corrected chi connectivity index (χ3v) is 10.4. The molecule has 1 N–H and O–H groups in total. The van der Waals surface area contributed by atoms with Gasteiger partial charge in [0.1, 0.15) is 6.61 Å². The minimum absolute atomic E-state index is 0.113. The van der Waals surface area contributed by atoms with Crippen LogP contribution in [0.5, 0.6) is 0 Å². The van der Waals surface area contributed by atoms with Gasteiger partial charge >= 0.3 is 0 Å². The Morgan fingerprint density at radius 1 is 1.16 bits per heavy atom. The van der Waals surface area contributed by atoms with E-state index in [-0.39, 0.29) is 6.10 Å². The number of fused-ring (bicyclic) bond motifs is 5. The average molecular weight is 445 g/mol. The van der Waals surface area contributed by atoms with E-state index in [1.807, 2.05) is 0 Å². The first kappa shape index (κ1) is 22.9. The topological polar surface area (TPSA) is 54.3 Å². The molecule has 0 aromatic heterocycles. The molecule has 3 saturated carbocycles. The van der Waals surface area contributed by atoms with Crippen LogP contribution in [0.25, 0.3) is 0 Å². The van der Waals surface area contributed by atoms with Crippen LogP contribution in [-0.2, 0) is 9.57 Å². The Balaban J connectivity index is 1.23. The second kappa shape index (κ2) is 9.03. The lowest BCUT2D eigenvalue weighted by Gasteiger charge is -2.58. The molecule has 4 fully saturated rings. The second-order valence-electron chi connectivity index (χ2n) is 11.9. The number of rotatable bonds is 5. The molecule has 5 aliphatic rings. The van der Waals surface area contributed by atoms with Crippen molar-refractivity contribution in [2.24, 2.45) is 39.7 Å². The Morgan fingerprint density at radius 3 is 2.78 bits per heavy atom. The van der Waals surface area contributed by atoms with Crippen LogP contribution in [-0.4, -0.2) is 61.3 Å². The van der Waals surface area contributed by atoms with Crippen molar-refractivity contribution >= 4 is 5.71 Å². The van der Waals surface area contributed by atoms with Crippen molar-refractivity contribution in [3.8, 4) is 0 Å². The lowest BCUT2D eigenvalue weighted by atomic mass is 9.47. The van der Waals surface area contributed by atoms with E-state index in [0.29, 0.717) is 23.4 Å². The fourth-order valence-electron chi connectivity index (χ4n) is 8.53. The number of ether oxygens (including phenoxy) is 1. The summed E-state index contributed by atoms with van der Waals surface area (Å²) in [6, 6.07) is 0. The third kappa shape index (κ3) is 3.96. The summed E-state index contributed by atoms with van der Waals surface area (Å²) in [5.41, 5.74) is 3.47. The summed E-state index contributed by atoms with van der Waals surface area (Å²) >= 11 is 0. The number of oxime groups is 1. The molecule has 0 spiro atoms. The maximum atomic E-state index is 10.2. The van der Waals surface area contributed by atoms with E-state index < -0.39 is 0 Å². The third-order valence-electron chi connectivity index (χ3n) is 10.4. The Labute approximate surface area is 194 Å². The quantitative estimate of drug-likeness (QED) is 0.290. The summed E-state index contributed by atoms with van der Waals surface area (Å²) in [5, 5.41) is 14.9. The van der Waals surface area contributed by atoms with Crippen molar-refractivity contribution in [1.82, 2.24) is 4.90 Å². The van der Waals surface area contributed by atoms with Crippen LogP contribution in [0, 0.1) is 34.5 Å². The Kier molecular flexibility index (Phi) is 6.45. The highest BCUT2D eigenvalue weighted by Crippen LogP contribution is 2.66. The van der Waals surface area contributed by atoms with Crippen LogP contribution in [0.1, 0.15) is 72.1 Å². The molecule has 1 heterocycles. The lowest BCUT2D eigenvalue weighted by molar-refractivity contribution is -0.0427. The Bertz CT molecular complexity index is 745. The van der Waals surface area contributed by atoms with Crippen LogP contribution in [0.4, 0.5) is 0 Å². The van der Waals surface area contributed by atoms with Gasteiger partial charge in [0.05, 0.1) is 25.0 Å². The van der Waals surface area contributed by atoms with E-state index in [4.69, 9.17) is 9.57 Å². The SMILES string of the molecule is C/C(=N/OCCN1CCOCC1)[C@H]1CC[C@H]2[C@@H]3CC=C4C[C@@H](O)CC[C@]4(C)[C@H]3CC[C@]12C. The van der Waals surface area contributed by atoms with Crippen LogP contribution >= 0.6 is 0 Å². The zero-order chi connectivity index (χ0) is 22.3. The molecule has 180 valence electrons. The molecular formula is C27H44N2O3. The van der Waals surface area contributed by atoms with Crippen molar-refractivity contribution in [2.45, 2.75) is 78.2 Å². The normalized spacial score (nSPS) is 44.9. The van der Waals surface area contributed by atoms with Crippen LogP contribution < -0.4 is 0 Å². The van der Waals surface area contributed by atoms with Gasteiger partial charge in [-0.2, -0.15) is 0 Å². The van der Waals surface area contributed by atoms with E-state index >= 15 is 0 Å². The molecule has 32 heavy (non-hydrogen) atoms. The van der Waals surface area contributed by atoms with Crippen LogP contribution in [0.15, 0.2) is 16.8 Å². The summed E-state index contributed by atoms with van der Waals surface area (Å²) < 4.78 is 5.43. The molecule has 1 saturated heterocycles. The zero-order valence-electron chi connectivity index (χ0n) is 20.5. The van der Waals surface area contributed by atoms with Crippen LogP contribution in [0.3, 0.4) is 0 Å². The Morgan fingerprint density at radius 2 is 1.97 bits per heavy atom. The number of morpholine rings is 1. The maximum absolute atomic E-state index is 10.2. The molecule has 0 unspecified atom stereocenters. The number of aliphatic hydroxyl groups excluding tert-OH is 1. The lowest BCUT2D eigenvalue weighted by Crippen LogP contribution is -2.50. The molecule has 0 aromatic carbocycles. The van der Waals surface area contributed by atoms with Crippen molar-refractivity contribution in [3.05, 3.63) is 11.6 Å². The summed E-state index contributed by atoms with van der Waals surface area (Å²) in [5.74, 6) is 2.96. The molecule has 4 aliphatic carbocycles. The summed E-state index contributed by atoms with van der Waals surface area (Å²) in [7, 11) is 0. The number of hydrogen-bond acceptors (Lipinski definition) is 5. The van der Waals surface area contributed by atoms with Gasteiger partial charge < -0.3 is 14.7 Å². The number of allylic oxidation sites excluding steroid dienone is 1. The first-order valence-electron chi connectivity index (χ1n) is 13.3. The molecule has 5 rings (SSSR count). The number of hydrogen-bond donors (Lipinski definition) is 1. The summed E-state index contributed by atoms with van der Waals surface area (Å²) in [4.78, 5) is 8.21. The highest BCUT2D eigenvalue weighted by atomic mass is 16.6. The van der Waals surface area contributed by atoms with Gasteiger partial charge in [0, 0.05) is 25.6 Å². The molecule has 1 aliphatic heterocycles. The van der Waals surface area contributed by atoms with Crippen LogP contribution in [0.2, 0.25) is 0 Å². The summed E-state index contributed by atoms with van der Waals surface area (Å²) in [6.07, 6.45) is 12.0. The molecule has 7 atom stereocenters. The smallest absolute Gasteiger partial charge is 0.129 e. The average Bonchev–Trinajstić information content (AvgIpc) is 3.15.